The van der Waals surface area contributed by atoms with Gasteiger partial charge in [0.2, 0.25) is 0 Å². The second-order valence-corrected chi connectivity index (χ2v) is 4.42. The van der Waals surface area contributed by atoms with Crippen LogP contribution in [-0.4, -0.2) is 25.5 Å². The summed E-state index contributed by atoms with van der Waals surface area (Å²) in [6.07, 6.45) is 1.10. The van der Waals surface area contributed by atoms with E-state index >= 15 is 0 Å². The number of carbonyl (C=O) groups is 2. The van der Waals surface area contributed by atoms with Gasteiger partial charge in [0.25, 0.3) is 0 Å². The first-order valence-electron chi connectivity index (χ1n) is 6.42. The highest BCUT2D eigenvalue weighted by atomic mass is 16.5. The molecule has 1 aromatic rings. The van der Waals surface area contributed by atoms with Gasteiger partial charge in [0, 0.05) is 12.0 Å². The average molecular weight is 264 g/mol. The molecular formula is C15H20O4. The largest absolute Gasteiger partial charge is 0.494 e. The molecule has 1 aromatic carbocycles. The van der Waals surface area contributed by atoms with E-state index in [1.54, 1.807) is 31.2 Å². The highest BCUT2D eigenvalue weighted by molar-refractivity contribution is 5.98. The summed E-state index contributed by atoms with van der Waals surface area (Å²) in [6, 6.07) is 6.98. The number of rotatable bonds is 7. The molecule has 0 aliphatic heterocycles. The minimum atomic E-state index is -0.423. The second-order valence-electron chi connectivity index (χ2n) is 4.42. The van der Waals surface area contributed by atoms with Gasteiger partial charge in [0.15, 0.2) is 5.78 Å². The van der Waals surface area contributed by atoms with Gasteiger partial charge in [-0.3, -0.25) is 9.59 Å². The minimum absolute atomic E-state index is 0.0695. The molecule has 0 aliphatic rings. The molecule has 0 heterocycles. The monoisotopic (exact) mass is 264 g/mol. The van der Waals surface area contributed by atoms with E-state index in [0.29, 0.717) is 12.2 Å². The predicted octanol–water partition coefficient (Wildman–Crippen LogP) is 2.86. The molecule has 0 bridgehead atoms. The number of hydrogen-bond acceptors (Lipinski definition) is 4. The van der Waals surface area contributed by atoms with Crippen LogP contribution in [0, 0.1) is 5.92 Å². The zero-order valence-electron chi connectivity index (χ0n) is 11.6. The van der Waals surface area contributed by atoms with E-state index in [9.17, 15) is 9.59 Å². The predicted molar refractivity (Wildman–Crippen MR) is 72.4 cm³/mol. The molecular weight excluding hydrogens is 244 g/mol. The zero-order valence-corrected chi connectivity index (χ0v) is 11.6. The minimum Gasteiger partial charge on any atom is -0.494 e. The van der Waals surface area contributed by atoms with Crippen molar-refractivity contribution in [1.29, 1.82) is 0 Å². The van der Waals surface area contributed by atoms with E-state index in [0.717, 1.165) is 12.2 Å². The lowest BCUT2D eigenvalue weighted by Crippen LogP contribution is -2.16. The summed E-state index contributed by atoms with van der Waals surface area (Å²) in [5, 5.41) is 0. The molecule has 0 radical (unpaired) electrons. The van der Waals surface area contributed by atoms with Crippen molar-refractivity contribution in [2.24, 2.45) is 5.92 Å². The van der Waals surface area contributed by atoms with Crippen LogP contribution < -0.4 is 4.74 Å². The Morgan fingerprint density at radius 3 is 2.37 bits per heavy atom. The molecule has 0 aromatic heterocycles. The lowest BCUT2D eigenvalue weighted by atomic mass is 10.00. The molecule has 19 heavy (non-hydrogen) atoms. The normalized spacial score (nSPS) is 11.7. The van der Waals surface area contributed by atoms with Gasteiger partial charge in [-0.2, -0.15) is 0 Å². The number of methoxy groups -OCH3 is 1. The Morgan fingerprint density at radius 1 is 1.21 bits per heavy atom. The number of Topliss-reactive ketones (excluding diaryl/α,β-unsaturated/α-hetero) is 1. The van der Waals surface area contributed by atoms with E-state index in [1.165, 1.54) is 7.11 Å². The molecule has 0 N–H and O–H groups in total. The number of carbonyl (C=O) groups excluding carboxylic acids is 2. The first-order chi connectivity index (χ1) is 9.08. The van der Waals surface area contributed by atoms with Crippen molar-refractivity contribution in [1.82, 2.24) is 0 Å². The van der Waals surface area contributed by atoms with Gasteiger partial charge < -0.3 is 9.47 Å². The van der Waals surface area contributed by atoms with Crippen LogP contribution in [0.4, 0.5) is 0 Å². The van der Waals surface area contributed by atoms with Crippen molar-refractivity contribution >= 4 is 11.8 Å². The third kappa shape index (κ3) is 4.73. The maximum Gasteiger partial charge on any atom is 0.308 e. The Hall–Kier alpha value is -1.84. The summed E-state index contributed by atoms with van der Waals surface area (Å²) in [5.41, 5.74) is 0.583. The van der Waals surface area contributed by atoms with Crippen LogP contribution in [0.3, 0.4) is 0 Å². The van der Waals surface area contributed by atoms with Crippen LogP contribution >= 0.6 is 0 Å². The molecule has 0 amide bonds. The number of ketones is 1. The molecule has 0 saturated carbocycles. The fraction of sp³-hybridized carbons (Fsp3) is 0.467. The maximum atomic E-state index is 12.0. The molecule has 0 aliphatic carbocycles. The summed E-state index contributed by atoms with van der Waals surface area (Å²) in [6.45, 7) is 4.38. The van der Waals surface area contributed by atoms with Crippen molar-refractivity contribution < 1.29 is 19.1 Å². The van der Waals surface area contributed by atoms with Crippen LogP contribution in [0.5, 0.6) is 5.75 Å². The molecule has 1 unspecified atom stereocenters. The van der Waals surface area contributed by atoms with Gasteiger partial charge in [-0.15, -0.1) is 0 Å². The van der Waals surface area contributed by atoms with Crippen molar-refractivity contribution in [2.45, 2.75) is 26.7 Å². The molecule has 4 nitrogen and oxygen atoms in total. The van der Waals surface area contributed by atoms with E-state index in [1.807, 2.05) is 6.92 Å². The molecule has 104 valence electrons. The Kier molecular flexibility index (Phi) is 6.06. The molecule has 0 saturated heterocycles. The van der Waals surface area contributed by atoms with Crippen molar-refractivity contribution in [3.05, 3.63) is 29.8 Å². The van der Waals surface area contributed by atoms with Gasteiger partial charge >= 0.3 is 5.97 Å². The molecule has 1 rings (SSSR count). The van der Waals surface area contributed by atoms with Gasteiger partial charge in [-0.1, -0.05) is 13.8 Å². The summed E-state index contributed by atoms with van der Waals surface area (Å²) < 4.78 is 10.0. The molecule has 4 heteroatoms. The first kappa shape index (κ1) is 15.2. The van der Waals surface area contributed by atoms with E-state index in [4.69, 9.17) is 4.74 Å². The van der Waals surface area contributed by atoms with Crippen molar-refractivity contribution in [2.75, 3.05) is 13.7 Å². The Labute approximate surface area is 113 Å². The van der Waals surface area contributed by atoms with Crippen LogP contribution in [0.15, 0.2) is 24.3 Å². The van der Waals surface area contributed by atoms with Crippen LogP contribution in [-0.2, 0) is 9.53 Å². The van der Waals surface area contributed by atoms with E-state index in [-0.39, 0.29) is 18.2 Å². The number of ether oxygens (including phenoxy) is 2. The SMILES string of the molecule is CCCOc1ccc(C(=O)CC(C)C(=O)OC)cc1. The average Bonchev–Trinajstić information content (AvgIpc) is 2.44. The smallest absolute Gasteiger partial charge is 0.308 e. The molecule has 0 spiro atoms. The Morgan fingerprint density at radius 2 is 1.84 bits per heavy atom. The molecule has 0 fully saturated rings. The quantitative estimate of drug-likeness (QED) is 0.561. The van der Waals surface area contributed by atoms with Gasteiger partial charge in [0.05, 0.1) is 19.6 Å². The number of hydrogen-bond donors (Lipinski definition) is 0. The highest BCUT2D eigenvalue weighted by Crippen LogP contribution is 2.16. The van der Waals surface area contributed by atoms with Crippen LogP contribution in [0.2, 0.25) is 0 Å². The summed E-state index contributed by atoms with van der Waals surface area (Å²) in [4.78, 5) is 23.2. The van der Waals surface area contributed by atoms with Crippen LogP contribution in [0.25, 0.3) is 0 Å². The highest BCUT2D eigenvalue weighted by Gasteiger charge is 2.18. The maximum absolute atomic E-state index is 12.0. The summed E-state index contributed by atoms with van der Waals surface area (Å²) >= 11 is 0. The first-order valence-corrected chi connectivity index (χ1v) is 6.42. The third-order valence-corrected chi connectivity index (χ3v) is 2.74. The summed E-state index contributed by atoms with van der Waals surface area (Å²) in [7, 11) is 1.32. The Bertz CT molecular complexity index is 422. The number of esters is 1. The lowest BCUT2D eigenvalue weighted by molar-refractivity contribution is -0.144. The molecule has 1 atom stereocenters. The standard InChI is InChI=1S/C15H20O4/c1-4-9-19-13-7-5-12(6-8-13)14(16)10-11(2)15(17)18-3/h5-8,11H,4,9-10H2,1-3H3. The fourth-order valence-corrected chi connectivity index (χ4v) is 1.64. The van der Waals surface area contributed by atoms with Crippen LogP contribution in [0.1, 0.15) is 37.0 Å². The topological polar surface area (TPSA) is 52.6 Å². The van der Waals surface area contributed by atoms with Crippen molar-refractivity contribution in [3.8, 4) is 5.75 Å². The van der Waals surface area contributed by atoms with Crippen molar-refractivity contribution in [3.63, 3.8) is 0 Å². The van der Waals surface area contributed by atoms with E-state index in [2.05, 4.69) is 4.74 Å². The number of benzene rings is 1. The summed E-state index contributed by atoms with van der Waals surface area (Å²) in [5.74, 6) is -0.107. The van der Waals surface area contributed by atoms with Gasteiger partial charge in [-0.05, 0) is 30.7 Å². The van der Waals surface area contributed by atoms with E-state index < -0.39 is 5.92 Å². The zero-order chi connectivity index (χ0) is 14.3. The Balaban J connectivity index is 2.60. The second kappa shape index (κ2) is 7.56. The fourth-order valence-electron chi connectivity index (χ4n) is 1.64. The lowest BCUT2D eigenvalue weighted by Gasteiger charge is -2.09. The van der Waals surface area contributed by atoms with Gasteiger partial charge in [0.1, 0.15) is 5.75 Å². The van der Waals surface area contributed by atoms with Gasteiger partial charge in [-0.25, -0.2) is 0 Å². The third-order valence-electron chi connectivity index (χ3n) is 2.74.